The van der Waals surface area contributed by atoms with E-state index < -0.39 is 0 Å². The van der Waals surface area contributed by atoms with Crippen LogP contribution in [0.5, 0.6) is 0 Å². The lowest BCUT2D eigenvalue weighted by molar-refractivity contribution is 0.640. The quantitative estimate of drug-likeness (QED) is 0.0845. The first-order valence-corrected chi connectivity index (χ1v) is 42.6. The number of aryl methyl sites for hydroxylation is 6. The molecule has 117 heavy (non-hydrogen) atoms. The molecule has 0 spiro atoms. The van der Waals surface area contributed by atoms with Crippen molar-refractivity contribution in [1.29, 1.82) is 0 Å². The van der Waals surface area contributed by atoms with Gasteiger partial charge in [0.15, 0.2) is 0 Å². The monoisotopic (exact) mass is 1510 g/mol. The molecule has 0 nitrogen and oxygen atoms in total. The third-order valence-electron chi connectivity index (χ3n) is 23.7. The number of benzene rings is 17. The minimum absolute atomic E-state index is 0.0769. The summed E-state index contributed by atoms with van der Waals surface area (Å²) in [7, 11) is 0. The van der Waals surface area contributed by atoms with Crippen molar-refractivity contribution < 1.29 is 0 Å². The van der Waals surface area contributed by atoms with E-state index in [1.165, 1.54) is 175 Å². The van der Waals surface area contributed by atoms with Crippen molar-refractivity contribution in [2.45, 2.75) is 119 Å². The van der Waals surface area contributed by atoms with E-state index in [1.807, 2.05) is 6.07 Å². The van der Waals surface area contributed by atoms with Gasteiger partial charge in [-0.2, -0.15) is 0 Å². The molecule has 0 heteroatoms. The fourth-order valence-electron chi connectivity index (χ4n) is 16.6. The summed E-state index contributed by atoms with van der Waals surface area (Å²) in [4.78, 5) is 0. The molecular weight excluding hydrogens is 1410 g/mol. The third kappa shape index (κ3) is 19.5. The van der Waals surface area contributed by atoms with E-state index in [1.54, 1.807) is 0 Å². The Bertz CT molecular complexity index is 6380. The number of fused-ring (bicyclic) bond motifs is 12. The van der Waals surface area contributed by atoms with Gasteiger partial charge < -0.3 is 0 Å². The summed E-state index contributed by atoms with van der Waals surface area (Å²) in [6, 6.07) is 127. The molecule has 0 amide bonds. The summed E-state index contributed by atoms with van der Waals surface area (Å²) >= 11 is 0. The number of allylic oxidation sites excluding steroid dienone is 12. The summed E-state index contributed by atoms with van der Waals surface area (Å²) in [5.74, 6) is 0.514. The number of hydrogen-bond acceptors (Lipinski definition) is 0. The van der Waals surface area contributed by atoms with E-state index in [9.17, 15) is 0 Å². The van der Waals surface area contributed by atoms with E-state index >= 15 is 0 Å². The Morgan fingerprint density at radius 2 is 0.615 bits per heavy atom. The van der Waals surface area contributed by atoms with E-state index in [-0.39, 0.29) is 5.41 Å². The van der Waals surface area contributed by atoms with Gasteiger partial charge in [-0.15, -0.1) is 0 Å². The van der Waals surface area contributed by atoms with Crippen molar-refractivity contribution in [3.05, 3.63) is 478 Å². The van der Waals surface area contributed by atoms with Crippen molar-refractivity contribution in [2.24, 2.45) is 5.92 Å². The maximum Gasteiger partial charge on any atom is 0.0342 e. The summed E-state index contributed by atoms with van der Waals surface area (Å²) in [6.45, 7) is 20.0. The molecule has 0 aromatic heterocycles. The topological polar surface area (TPSA) is 0 Å². The van der Waals surface area contributed by atoms with E-state index in [2.05, 4.69) is 457 Å². The van der Waals surface area contributed by atoms with Gasteiger partial charge in [0, 0.05) is 11.3 Å². The second kappa shape index (κ2) is 39.1. The molecular formula is C117H110. The Hall–Kier alpha value is -12.7. The van der Waals surface area contributed by atoms with Gasteiger partial charge in [0.05, 0.1) is 0 Å². The van der Waals surface area contributed by atoms with Gasteiger partial charge in [-0.05, 0) is 251 Å². The molecule has 0 saturated carbocycles. The molecule has 3 aliphatic carbocycles. The van der Waals surface area contributed by atoms with Crippen molar-refractivity contribution in [2.75, 3.05) is 0 Å². The fraction of sp³-hybridized carbons (Fsp3) is 0.162. The van der Waals surface area contributed by atoms with Gasteiger partial charge in [-0.25, -0.2) is 0 Å². The predicted molar refractivity (Wildman–Crippen MR) is 513 cm³/mol. The molecule has 0 heterocycles. The van der Waals surface area contributed by atoms with Crippen LogP contribution in [0.15, 0.2) is 423 Å². The highest BCUT2D eigenvalue weighted by Gasteiger charge is 2.28. The highest BCUT2D eigenvalue weighted by molar-refractivity contribution is 6.25. The van der Waals surface area contributed by atoms with Gasteiger partial charge in [0.2, 0.25) is 0 Å². The van der Waals surface area contributed by atoms with E-state index in [0.717, 1.165) is 51.4 Å². The molecule has 1 atom stereocenters. The molecule has 17 aromatic rings. The largest absolute Gasteiger partial charge is 0.0622 e. The normalized spacial score (nSPS) is 13.0. The summed E-state index contributed by atoms with van der Waals surface area (Å²) < 4.78 is 0. The fourth-order valence-corrected chi connectivity index (χ4v) is 16.6. The third-order valence-corrected chi connectivity index (χ3v) is 23.7. The Morgan fingerprint density at radius 3 is 1.20 bits per heavy atom. The average molecular weight is 1520 g/mol. The minimum Gasteiger partial charge on any atom is -0.0622 e. The maximum atomic E-state index is 2.35. The molecule has 17 aromatic carbocycles. The summed E-state index contributed by atoms with van der Waals surface area (Å²) in [5.41, 5.74) is 22.4. The lowest BCUT2D eigenvalue weighted by Crippen LogP contribution is -2.18. The first-order chi connectivity index (χ1) is 57.4. The second-order valence-electron chi connectivity index (χ2n) is 31.4. The maximum absolute atomic E-state index is 2.35. The van der Waals surface area contributed by atoms with Crippen LogP contribution in [0.1, 0.15) is 124 Å². The van der Waals surface area contributed by atoms with Crippen LogP contribution in [0, 0.1) is 5.92 Å². The zero-order valence-electron chi connectivity index (χ0n) is 69.8. The Morgan fingerprint density at radius 1 is 0.231 bits per heavy atom. The van der Waals surface area contributed by atoms with Crippen LogP contribution >= 0.6 is 0 Å². The van der Waals surface area contributed by atoms with Crippen molar-refractivity contribution in [3.63, 3.8) is 0 Å². The molecule has 0 radical (unpaired) electrons. The molecule has 0 saturated heterocycles. The van der Waals surface area contributed by atoms with Gasteiger partial charge in [-0.1, -0.05) is 439 Å². The molecule has 578 valence electrons. The summed E-state index contributed by atoms with van der Waals surface area (Å²) in [5, 5.41) is 21.5. The van der Waals surface area contributed by atoms with Crippen molar-refractivity contribution in [1.82, 2.24) is 0 Å². The Kier molecular flexibility index (Phi) is 27.0. The highest BCUT2D eigenvalue weighted by atomic mass is 14.3. The predicted octanol–water partition coefficient (Wildman–Crippen LogP) is 32.2. The SMILES string of the molecule is CCC1=CC=C2C=CC=C3C=CC=C1[C@H]32.CCc1ccc(-c2ccccc2)cc1.CCc1ccc(C(C)(C)c2ccccc2)cc1.CCc1ccc(Cc2ccccc2)cc1.CCc1ccc2c3ccccc3c3ccccc3c2c1.CCc1ccc2cc3cc4ccccc4cc3cc2c1.CCc1cccc2c1ccc1ccccc12. The Balaban J connectivity index is 0.000000113. The molecule has 0 unspecified atom stereocenters. The van der Waals surface area contributed by atoms with Crippen LogP contribution in [0.25, 0.3) is 97.3 Å². The molecule has 0 aliphatic heterocycles. The Labute approximate surface area is 696 Å². The zero-order valence-corrected chi connectivity index (χ0v) is 69.8. The highest BCUT2D eigenvalue weighted by Crippen LogP contribution is 2.43. The van der Waals surface area contributed by atoms with Crippen LogP contribution in [0.2, 0.25) is 0 Å². The average Bonchev–Trinajstić information content (AvgIpc) is 0.903. The van der Waals surface area contributed by atoms with E-state index in [0.29, 0.717) is 5.92 Å². The smallest absolute Gasteiger partial charge is 0.0342 e. The van der Waals surface area contributed by atoms with Crippen LogP contribution < -0.4 is 0 Å². The molecule has 20 rings (SSSR count). The minimum atomic E-state index is 0.0769. The molecule has 3 aliphatic rings. The van der Waals surface area contributed by atoms with Crippen molar-refractivity contribution >= 4 is 86.2 Å². The molecule has 0 bridgehead atoms. The zero-order chi connectivity index (χ0) is 80.9. The second-order valence-corrected chi connectivity index (χ2v) is 31.4. The number of rotatable bonds is 12. The summed E-state index contributed by atoms with van der Waals surface area (Å²) in [6.07, 6.45) is 26.5. The lowest BCUT2D eigenvalue weighted by Gasteiger charge is -2.31. The van der Waals surface area contributed by atoms with Crippen LogP contribution in [0.3, 0.4) is 0 Å². The van der Waals surface area contributed by atoms with Crippen LogP contribution in [-0.2, 0) is 50.4 Å². The van der Waals surface area contributed by atoms with Crippen LogP contribution in [-0.4, -0.2) is 0 Å². The first kappa shape index (κ1) is 80.9. The molecule has 0 fully saturated rings. The van der Waals surface area contributed by atoms with Gasteiger partial charge in [0.25, 0.3) is 0 Å². The van der Waals surface area contributed by atoms with Gasteiger partial charge >= 0.3 is 0 Å². The van der Waals surface area contributed by atoms with Crippen molar-refractivity contribution in [3.8, 4) is 11.1 Å². The van der Waals surface area contributed by atoms with Gasteiger partial charge in [-0.3, -0.25) is 0 Å². The molecule has 0 N–H and O–H groups in total. The standard InChI is InChI=1S/2C20H16.C17H20.C16H14.C15H14.C15H16.C14H14/c1-2-14-11-12-19-17-9-4-3-7-15(17)16-8-5-6-10-18(16)20(19)13-14;1-2-14-7-8-17-12-19-10-15-5-3-4-6-16(15)11-20(19)13-18(17)9-14;1-4-14-10-12-16(13-11-14)17(2,3)15-8-6-5-7-9-15;1-2-12-7-5-9-16-14-8-4-3-6-13(14)10-11-15(12)16;1-2-11-9-10-13-6-3-5-12-7-4-8-14(11)15(12)13;1-2-13-8-10-15(11-9-13)12-14-6-4-3-5-7-14;1-2-12-8-10-14(11-9-12)13-6-4-3-5-7-13/h2*3-13H,2H2,1H3;5-13H,4H2,1-3H3;3-11H,2H2,1H3;3-10,15H,2H2,1H3;3-11H,2,12H2,1H3;3-11H,2H2,1H3/t;;;;15-;;/m....1../s1. The number of hydrogen-bond donors (Lipinski definition) is 0. The van der Waals surface area contributed by atoms with Gasteiger partial charge in [0.1, 0.15) is 0 Å². The van der Waals surface area contributed by atoms with E-state index in [4.69, 9.17) is 0 Å². The first-order valence-electron chi connectivity index (χ1n) is 42.6. The van der Waals surface area contributed by atoms with Crippen LogP contribution in [0.4, 0.5) is 0 Å². The lowest BCUT2D eigenvalue weighted by atomic mass is 9.73.